The quantitative estimate of drug-likeness (QED) is 0.852. The minimum Gasteiger partial charge on any atom is -0.467 e. The van der Waals surface area contributed by atoms with Gasteiger partial charge in [0.05, 0.1) is 7.11 Å². The Labute approximate surface area is 120 Å². The fraction of sp³-hybridized carbons (Fsp3) is 0.588. The first-order valence-corrected chi connectivity index (χ1v) is 7.65. The topological polar surface area (TPSA) is 38.3 Å². The van der Waals surface area contributed by atoms with Crippen LogP contribution in [0.1, 0.15) is 38.5 Å². The number of methoxy groups -OCH3 is 1. The van der Waals surface area contributed by atoms with Crippen molar-refractivity contribution >= 4 is 11.7 Å². The van der Waals surface area contributed by atoms with Gasteiger partial charge in [-0.1, -0.05) is 24.6 Å². The van der Waals surface area contributed by atoms with Gasteiger partial charge in [-0.05, 0) is 56.1 Å². The molecule has 0 amide bonds. The van der Waals surface area contributed by atoms with E-state index < -0.39 is 5.54 Å². The second-order valence-corrected chi connectivity index (χ2v) is 6.26. The van der Waals surface area contributed by atoms with Gasteiger partial charge in [-0.25, -0.2) is 4.79 Å². The van der Waals surface area contributed by atoms with Crippen molar-refractivity contribution < 1.29 is 9.53 Å². The van der Waals surface area contributed by atoms with Gasteiger partial charge in [0.15, 0.2) is 0 Å². The van der Waals surface area contributed by atoms with Crippen LogP contribution in [-0.4, -0.2) is 18.6 Å². The molecule has 0 saturated heterocycles. The molecule has 3 rings (SSSR count). The van der Waals surface area contributed by atoms with Crippen molar-refractivity contribution in [3.8, 4) is 0 Å². The van der Waals surface area contributed by atoms with Crippen molar-refractivity contribution in [2.24, 2.45) is 11.8 Å². The molecule has 3 heteroatoms. The molecule has 2 fully saturated rings. The summed E-state index contributed by atoms with van der Waals surface area (Å²) in [6.07, 6.45) is 6.84. The highest BCUT2D eigenvalue weighted by molar-refractivity contribution is 5.84. The number of ether oxygens (including phenoxy) is 1. The maximum atomic E-state index is 12.4. The molecule has 0 heterocycles. The third-order valence-corrected chi connectivity index (χ3v) is 4.81. The number of carbonyl (C=O) groups excluding carboxylic acids is 1. The van der Waals surface area contributed by atoms with Crippen LogP contribution in [0.15, 0.2) is 30.3 Å². The smallest absolute Gasteiger partial charge is 0.331 e. The molecule has 1 N–H and O–H groups in total. The Morgan fingerprint density at radius 1 is 1.20 bits per heavy atom. The van der Waals surface area contributed by atoms with E-state index in [9.17, 15) is 4.79 Å². The summed E-state index contributed by atoms with van der Waals surface area (Å²) >= 11 is 0. The molecule has 2 unspecified atom stereocenters. The highest BCUT2D eigenvalue weighted by Gasteiger charge is 2.47. The molecule has 108 valence electrons. The SMILES string of the molecule is COC(=O)C1(Nc2ccccc2)CCCC(C2CC2)C1. The van der Waals surface area contributed by atoms with Crippen molar-refractivity contribution in [1.82, 2.24) is 0 Å². The molecule has 0 aromatic heterocycles. The maximum Gasteiger partial charge on any atom is 0.331 e. The van der Waals surface area contributed by atoms with Crippen LogP contribution in [0, 0.1) is 11.8 Å². The summed E-state index contributed by atoms with van der Waals surface area (Å²) in [7, 11) is 1.50. The fourth-order valence-electron chi connectivity index (χ4n) is 3.63. The first-order chi connectivity index (χ1) is 9.73. The van der Waals surface area contributed by atoms with E-state index in [1.807, 2.05) is 30.3 Å². The molecule has 0 spiro atoms. The number of hydrogen-bond acceptors (Lipinski definition) is 3. The molecule has 0 aliphatic heterocycles. The van der Waals surface area contributed by atoms with Crippen LogP contribution in [0.2, 0.25) is 0 Å². The summed E-state index contributed by atoms with van der Waals surface area (Å²) in [6, 6.07) is 10.0. The van der Waals surface area contributed by atoms with E-state index in [0.717, 1.165) is 30.9 Å². The maximum absolute atomic E-state index is 12.4. The Balaban J connectivity index is 1.82. The van der Waals surface area contributed by atoms with Gasteiger partial charge in [-0.15, -0.1) is 0 Å². The Bertz CT molecular complexity index is 469. The zero-order valence-corrected chi connectivity index (χ0v) is 12.1. The monoisotopic (exact) mass is 273 g/mol. The molecule has 2 aliphatic carbocycles. The Kier molecular flexibility index (Phi) is 3.68. The highest BCUT2D eigenvalue weighted by atomic mass is 16.5. The van der Waals surface area contributed by atoms with Crippen molar-refractivity contribution in [1.29, 1.82) is 0 Å². The highest BCUT2D eigenvalue weighted by Crippen LogP contribution is 2.47. The van der Waals surface area contributed by atoms with Gasteiger partial charge >= 0.3 is 5.97 Å². The molecule has 1 aromatic rings. The minimum atomic E-state index is -0.526. The number of esters is 1. The van der Waals surface area contributed by atoms with E-state index in [4.69, 9.17) is 4.74 Å². The third-order valence-electron chi connectivity index (χ3n) is 4.81. The van der Waals surface area contributed by atoms with Crippen LogP contribution in [0.3, 0.4) is 0 Å². The number of rotatable bonds is 4. The Morgan fingerprint density at radius 2 is 1.95 bits per heavy atom. The lowest BCUT2D eigenvalue weighted by molar-refractivity contribution is -0.148. The van der Waals surface area contributed by atoms with Gasteiger partial charge in [-0.3, -0.25) is 0 Å². The number of hydrogen-bond donors (Lipinski definition) is 1. The summed E-state index contributed by atoms with van der Waals surface area (Å²) in [5.41, 5.74) is 0.482. The van der Waals surface area contributed by atoms with Gasteiger partial charge in [-0.2, -0.15) is 0 Å². The van der Waals surface area contributed by atoms with E-state index in [0.29, 0.717) is 5.92 Å². The van der Waals surface area contributed by atoms with Crippen LogP contribution in [0.25, 0.3) is 0 Å². The van der Waals surface area contributed by atoms with E-state index >= 15 is 0 Å². The molecule has 0 bridgehead atoms. The molecule has 2 aliphatic rings. The summed E-state index contributed by atoms with van der Waals surface area (Å²) < 4.78 is 5.11. The van der Waals surface area contributed by atoms with E-state index in [1.54, 1.807) is 0 Å². The standard InChI is InChI=1S/C17H23NO2/c1-20-16(19)17(18-15-7-3-2-4-8-15)11-5-6-14(12-17)13-9-10-13/h2-4,7-8,13-14,18H,5-6,9-12H2,1H3. The average Bonchev–Trinajstić information content (AvgIpc) is 3.32. The van der Waals surface area contributed by atoms with Gasteiger partial charge < -0.3 is 10.1 Å². The largest absolute Gasteiger partial charge is 0.467 e. The van der Waals surface area contributed by atoms with E-state index in [1.165, 1.54) is 26.4 Å². The molecule has 3 nitrogen and oxygen atoms in total. The zero-order valence-electron chi connectivity index (χ0n) is 12.1. The molecule has 2 saturated carbocycles. The van der Waals surface area contributed by atoms with Gasteiger partial charge in [0.1, 0.15) is 5.54 Å². The lowest BCUT2D eigenvalue weighted by Crippen LogP contribution is -2.50. The Morgan fingerprint density at radius 3 is 2.60 bits per heavy atom. The van der Waals surface area contributed by atoms with Crippen molar-refractivity contribution in [3.63, 3.8) is 0 Å². The first kappa shape index (κ1) is 13.5. The molecule has 1 aromatic carbocycles. The van der Waals surface area contributed by atoms with E-state index in [-0.39, 0.29) is 5.97 Å². The summed E-state index contributed by atoms with van der Waals surface area (Å²) in [6.45, 7) is 0. The zero-order chi connectivity index (χ0) is 14.0. The predicted octanol–water partition coefficient (Wildman–Crippen LogP) is 3.61. The van der Waals surface area contributed by atoms with Crippen molar-refractivity contribution in [3.05, 3.63) is 30.3 Å². The van der Waals surface area contributed by atoms with Gasteiger partial charge in [0.2, 0.25) is 0 Å². The summed E-state index contributed by atoms with van der Waals surface area (Å²) in [4.78, 5) is 12.4. The fourth-order valence-corrected chi connectivity index (χ4v) is 3.63. The normalized spacial score (nSPS) is 29.8. The molecular formula is C17H23NO2. The van der Waals surface area contributed by atoms with E-state index in [2.05, 4.69) is 5.32 Å². The van der Waals surface area contributed by atoms with Crippen LogP contribution in [-0.2, 0) is 9.53 Å². The molecule has 2 atom stereocenters. The predicted molar refractivity (Wildman–Crippen MR) is 79.5 cm³/mol. The summed E-state index contributed by atoms with van der Waals surface area (Å²) in [5, 5.41) is 3.48. The summed E-state index contributed by atoms with van der Waals surface area (Å²) in [5.74, 6) is 1.42. The first-order valence-electron chi connectivity index (χ1n) is 7.65. The minimum absolute atomic E-state index is 0.105. The number of para-hydroxylation sites is 1. The van der Waals surface area contributed by atoms with Gasteiger partial charge in [0, 0.05) is 5.69 Å². The number of anilines is 1. The number of carbonyl (C=O) groups is 1. The second-order valence-electron chi connectivity index (χ2n) is 6.26. The lowest BCUT2D eigenvalue weighted by Gasteiger charge is -2.40. The Hall–Kier alpha value is -1.51. The van der Waals surface area contributed by atoms with Gasteiger partial charge in [0.25, 0.3) is 0 Å². The van der Waals surface area contributed by atoms with Crippen LogP contribution in [0.4, 0.5) is 5.69 Å². The molecule has 20 heavy (non-hydrogen) atoms. The third kappa shape index (κ3) is 2.67. The number of nitrogens with one attached hydrogen (secondary N) is 1. The van der Waals surface area contributed by atoms with Crippen LogP contribution < -0.4 is 5.32 Å². The van der Waals surface area contributed by atoms with Crippen molar-refractivity contribution in [2.45, 2.75) is 44.1 Å². The molecular weight excluding hydrogens is 250 g/mol. The number of benzene rings is 1. The lowest BCUT2D eigenvalue weighted by atomic mass is 9.73. The second kappa shape index (κ2) is 5.47. The van der Waals surface area contributed by atoms with Crippen LogP contribution >= 0.6 is 0 Å². The van der Waals surface area contributed by atoms with Crippen molar-refractivity contribution in [2.75, 3.05) is 12.4 Å². The van der Waals surface area contributed by atoms with Crippen LogP contribution in [0.5, 0.6) is 0 Å². The average molecular weight is 273 g/mol. The molecule has 0 radical (unpaired) electrons.